The van der Waals surface area contributed by atoms with E-state index < -0.39 is 0 Å². The van der Waals surface area contributed by atoms with Gasteiger partial charge in [0.1, 0.15) is 5.75 Å². The zero-order valence-electron chi connectivity index (χ0n) is 21.3. The van der Waals surface area contributed by atoms with Crippen LogP contribution in [0.4, 0.5) is 0 Å². The minimum Gasteiger partial charge on any atom is -0.497 e. The Hall–Kier alpha value is -1.06. The van der Waals surface area contributed by atoms with Crippen LogP contribution in [-0.2, 0) is 0 Å². The Kier molecular flexibility index (Phi) is 12.3. The van der Waals surface area contributed by atoms with Gasteiger partial charge in [0.2, 0.25) is 0 Å². The zero-order chi connectivity index (χ0) is 22.9. The van der Waals surface area contributed by atoms with Gasteiger partial charge >= 0.3 is 0 Å². The van der Waals surface area contributed by atoms with Crippen molar-refractivity contribution in [3.63, 3.8) is 0 Å². The fourth-order valence-corrected chi connectivity index (χ4v) is 5.28. The summed E-state index contributed by atoms with van der Waals surface area (Å²) >= 11 is 0. The van der Waals surface area contributed by atoms with Gasteiger partial charge in [-0.15, -0.1) is 24.0 Å². The summed E-state index contributed by atoms with van der Waals surface area (Å²) < 4.78 is 5.36. The predicted molar refractivity (Wildman–Crippen MR) is 150 cm³/mol. The van der Waals surface area contributed by atoms with Gasteiger partial charge in [-0.1, -0.05) is 26.0 Å². The first-order valence-electron chi connectivity index (χ1n) is 12.6. The van der Waals surface area contributed by atoms with Crippen LogP contribution in [0.1, 0.15) is 58.1 Å². The first-order valence-corrected chi connectivity index (χ1v) is 12.6. The lowest BCUT2D eigenvalue weighted by atomic mass is 9.85. The highest BCUT2D eigenvalue weighted by atomic mass is 127. The van der Waals surface area contributed by atoms with Crippen LogP contribution in [0.2, 0.25) is 0 Å². The fraction of sp³-hybridized carbons (Fsp3) is 0.731. The highest BCUT2D eigenvalue weighted by Crippen LogP contribution is 2.35. The van der Waals surface area contributed by atoms with E-state index in [1.165, 1.54) is 50.9 Å². The molecule has 6 nitrogen and oxygen atoms in total. The topological polar surface area (TPSA) is 52.1 Å². The molecule has 3 rings (SSSR count). The number of benzene rings is 1. The number of hydrogen-bond donors (Lipinski definition) is 2. The summed E-state index contributed by atoms with van der Waals surface area (Å²) in [6, 6.07) is 9.51. The largest absolute Gasteiger partial charge is 0.497 e. The molecule has 0 spiro atoms. The van der Waals surface area contributed by atoms with Crippen LogP contribution in [-0.4, -0.2) is 75.2 Å². The molecule has 2 aliphatic rings. The van der Waals surface area contributed by atoms with Crippen molar-refractivity contribution in [2.24, 2.45) is 16.8 Å². The van der Waals surface area contributed by atoms with E-state index in [9.17, 15) is 0 Å². The van der Waals surface area contributed by atoms with Gasteiger partial charge < -0.3 is 20.3 Å². The van der Waals surface area contributed by atoms with Crippen molar-refractivity contribution in [2.75, 3.05) is 53.4 Å². The molecule has 2 N–H and O–H groups in total. The average Bonchev–Trinajstić information content (AvgIpc) is 2.79. The van der Waals surface area contributed by atoms with Crippen molar-refractivity contribution in [2.45, 2.75) is 58.5 Å². The van der Waals surface area contributed by atoms with E-state index in [-0.39, 0.29) is 24.0 Å². The summed E-state index contributed by atoms with van der Waals surface area (Å²) in [7, 11) is 3.97. The summed E-state index contributed by atoms with van der Waals surface area (Å²) in [6.45, 7) is 13.2. The van der Waals surface area contributed by atoms with E-state index in [4.69, 9.17) is 9.73 Å². The predicted octanol–water partition coefficient (Wildman–Crippen LogP) is 4.37. The van der Waals surface area contributed by atoms with Crippen LogP contribution in [0.25, 0.3) is 0 Å². The molecule has 0 bridgehead atoms. The molecule has 2 saturated heterocycles. The number of halogens is 1. The van der Waals surface area contributed by atoms with Gasteiger partial charge in [0.05, 0.1) is 7.11 Å². The molecule has 0 amide bonds. The summed E-state index contributed by atoms with van der Waals surface area (Å²) in [5.74, 6) is 3.16. The second kappa shape index (κ2) is 14.4. The number of piperidine rings is 2. The molecule has 1 aromatic carbocycles. The van der Waals surface area contributed by atoms with Crippen LogP contribution >= 0.6 is 24.0 Å². The second-order valence-corrected chi connectivity index (χ2v) is 9.93. The quantitative estimate of drug-likeness (QED) is 0.276. The second-order valence-electron chi connectivity index (χ2n) is 9.93. The number of guanidine groups is 1. The normalized spacial score (nSPS) is 23.3. The Morgan fingerprint density at radius 2 is 1.82 bits per heavy atom. The van der Waals surface area contributed by atoms with Gasteiger partial charge in [-0.25, -0.2) is 0 Å². The highest BCUT2D eigenvalue weighted by Gasteiger charge is 2.30. The van der Waals surface area contributed by atoms with Crippen LogP contribution in [0.3, 0.4) is 0 Å². The lowest BCUT2D eigenvalue weighted by Crippen LogP contribution is -2.49. The fourth-order valence-electron chi connectivity index (χ4n) is 5.28. The molecule has 0 saturated carbocycles. The number of methoxy groups -OCH3 is 1. The Balaban J connectivity index is 0.00000385. The third-order valence-electron chi connectivity index (χ3n) is 6.84. The molecule has 7 heteroatoms. The van der Waals surface area contributed by atoms with Crippen molar-refractivity contribution in [3.8, 4) is 5.75 Å². The Morgan fingerprint density at radius 3 is 2.42 bits per heavy atom. The van der Waals surface area contributed by atoms with Crippen LogP contribution in [0, 0.1) is 11.8 Å². The molecule has 2 fully saturated rings. The van der Waals surface area contributed by atoms with Gasteiger partial charge in [-0.2, -0.15) is 0 Å². The minimum absolute atomic E-state index is 0. The number of hydrogen-bond acceptors (Lipinski definition) is 4. The molecule has 2 atom stereocenters. The number of ether oxygens (including phenoxy) is 1. The van der Waals surface area contributed by atoms with Gasteiger partial charge in [0.15, 0.2) is 5.96 Å². The molecule has 1 aromatic rings. The van der Waals surface area contributed by atoms with E-state index in [0.717, 1.165) is 37.3 Å². The third-order valence-corrected chi connectivity index (χ3v) is 6.84. The Labute approximate surface area is 218 Å². The van der Waals surface area contributed by atoms with Gasteiger partial charge in [0, 0.05) is 44.8 Å². The van der Waals surface area contributed by atoms with Gasteiger partial charge in [0.25, 0.3) is 0 Å². The molecule has 33 heavy (non-hydrogen) atoms. The monoisotopic (exact) mass is 571 g/mol. The molecule has 2 aliphatic heterocycles. The maximum absolute atomic E-state index is 5.36. The zero-order valence-corrected chi connectivity index (χ0v) is 23.7. The lowest BCUT2D eigenvalue weighted by molar-refractivity contribution is 0.125. The van der Waals surface area contributed by atoms with Crippen molar-refractivity contribution >= 4 is 29.9 Å². The molecule has 2 unspecified atom stereocenters. The summed E-state index contributed by atoms with van der Waals surface area (Å²) in [6.07, 6.45) is 4.84. The van der Waals surface area contributed by atoms with E-state index in [2.05, 4.69) is 72.5 Å². The van der Waals surface area contributed by atoms with Crippen molar-refractivity contribution in [1.82, 2.24) is 20.4 Å². The van der Waals surface area contributed by atoms with Crippen LogP contribution in [0.5, 0.6) is 5.75 Å². The first-order chi connectivity index (χ1) is 15.5. The van der Waals surface area contributed by atoms with E-state index in [0.29, 0.717) is 18.0 Å². The molecular weight excluding hydrogens is 525 g/mol. The van der Waals surface area contributed by atoms with Crippen LogP contribution < -0.4 is 15.4 Å². The average molecular weight is 572 g/mol. The number of aliphatic imine (C=N–C) groups is 1. The maximum Gasteiger partial charge on any atom is 0.191 e. The number of nitrogens with zero attached hydrogens (tertiary/aromatic N) is 3. The summed E-state index contributed by atoms with van der Waals surface area (Å²) in [5, 5.41) is 7.22. The number of nitrogens with one attached hydrogen (secondary N) is 2. The Bertz CT molecular complexity index is 703. The minimum atomic E-state index is 0. The number of likely N-dealkylation sites (tertiary alicyclic amines) is 2. The van der Waals surface area contributed by atoms with Gasteiger partial charge in [-0.05, 0) is 75.7 Å². The lowest BCUT2D eigenvalue weighted by Gasteiger charge is -2.39. The summed E-state index contributed by atoms with van der Waals surface area (Å²) in [4.78, 5) is 10.2. The molecule has 0 aliphatic carbocycles. The van der Waals surface area contributed by atoms with Crippen molar-refractivity contribution < 1.29 is 4.74 Å². The van der Waals surface area contributed by atoms with E-state index in [1.54, 1.807) is 7.11 Å². The summed E-state index contributed by atoms with van der Waals surface area (Å²) in [5.41, 5.74) is 1.36. The highest BCUT2D eigenvalue weighted by molar-refractivity contribution is 14.0. The molecular formula is C26H46IN5O. The molecule has 0 radical (unpaired) electrons. The van der Waals surface area contributed by atoms with Gasteiger partial charge in [-0.3, -0.25) is 9.89 Å². The Morgan fingerprint density at radius 1 is 1.12 bits per heavy atom. The number of rotatable bonds is 8. The molecule has 2 heterocycles. The standard InChI is InChI=1S/C26H45N5O.HI/c1-6-27-26(29-23-13-16-31(17-14-23)19-20(2)3)28-18-22-8-7-15-30(4)25(22)21-9-11-24(32-5)12-10-21;/h9-12,20,22-23,25H,6-8,13-19H2,1-5H3,(H2,27,28,29);1H. The first kappa shape index (κ1) is 28.2. The SMILES string of the molecule is CCNC(=NCC1CCCN(C)C1c1ccc(OC)cc1)NC1CCN(CC(C)C)CC1.I. The van der Waals surface area contributed by atoms with E-state index in [1.807, 2.05) is 0 Å². The smallest absolute Gasteiger partial charge is 0.191 e. The maximum atomic E-state index is 5.36. The van der Waals surface area contributed by atoms with Crippen molar-refractivity contribution in [1.29, 1.82) is 0 Å². The third kappa shape index (κ3) is 8.58. The molecule has 0 aromatic heterocycles. The van der Waals surface area contributed by atoms with Crippen LogP contribution in [0.15, 0.2) is 29.3 Å². The van der Waals surface area contributed by atoms with Crippen molar-refractivity contribution in [3.05, 3.63) is 29.8 Å². The van der Waals surface area contributed by atoms with E-state index >= 15 is 0 Å². The molecule has 188 valence electrons.